The number of hydrogen-bond donors (Lipinski definition) is 2. The van der Waals surface area contributed by atoms with Gasteiger partial charge in [-0.2, -0.15) is 0 Å². The molecule has 0 fully saturated rings. The van der Waals surface area contributed by atoms with Crippen LogP contribution in [0.2, 0.25) is 0 Å². The average molecular weight is 281 g/mol. The number of likely N-dealkylation sites (N-methyl/N-ethyl adjacent to an activating group) is 1. The lowest BCUT2D eigenvalue weighted by molar-refractivity contribution is -0.122. The van der Waals surface area contributed by atoms with Crippen molar-refractivity contribution in [1.29, 1.82) is 0 Å². The van der Waals surface area contributed by atoms with Crippen molar-refractivity contribution >= 4 is 11.6 Å². The molecule has 0 atom stereocenters. The van der Waals surface area contributed by atoms with Crippen LogP contribution in [-0.2, 0) is 16.1 Å². The molecule has 0 unspecified atom stereocenters. The van der Waals surface area contributed by atoms with Crippen LogP contribution in [-0.4, -0.2) is 51.8 Å². The summed E-state index contributed by atoms with van der Waals surface area (Å²) in [7, 11) is 5.09. The summed E-state index contributed by atoms with van der Waals surface area (Å²) in [6.45, 7) is 1.93. The van der Waals surface area contributed by atoms with E-state index in [-0.39, 0.29) is 5.91 Å². The van der Waals surface area contributed by atoms with E-state index in [0.717, 1.165) is 11.3 Å². The number of ether oxygens (including phenoxy) is 2. The first-order valence-electron chi connectivity index (χ1n) is 6.43. The third kappa shape index (κ3) is 5.46. The Hall–Kier alpha value is -1.79. The second kappa shape index (κ2) is 8.39. The summed E-state index contributed by atoms with van der Waals surface area (Å²) in [5.41, 5.74) is 7.41. The van der Waals surface area contributed by atoms with Gasteiger partial charge < -0.3 is 20.5 Å². The van der Waals surface area contributed by atoms with Crippen LogP contribution >= 0.6 is 0 Å². The fourth-order valence-corrected chi connectivity index (χ4v) is 1.86. The minimum absolute atomic E-state index is 0.0348. The van der Waals surface area contributed by atoms with Gasteiger partial charge in [-0.15, -0.1) is 0 Å². The van der Waals surface area contributed by atoms with Gasteiger partial charge in [0.05, 0.1) is 20.3 Å². The Morgan fingerprint density at radius 1 is 1.40 bits per heavy atom. The Morgan fingerprint density at radius 3 is 2.80 bits per heavy atom. The van der Waals surface area contributed by atoms with E-state index in [9.17, 15) is 4.79 Å². The number of nitrogens with zero attached hydrogens (tertiary/aromatic N) is 1. The number of nitrogen functional groups attached to an aromatic ring is 1. The van der Waals surface area contributed by atoms with Crippen LogP contribution in [0.25, 0.3) is 0 Å². The van der Waals surface area contributed by atoms with Gasteiger partial charge in [-0.25, -0.2) is 0 Å². The molecule has 0 aliphatic carbocycles. The van der Waals surface area contributed by atoms with Gasteiger partial charge in [0.1, 0.15) is 5.75 Å². The molecule has 1 rings (SSSR count). The second-order valence-corrected chi connectivity index (χ2v) is 4.59. The number of carbonyl (C=O) groups excluding carboxylic acids is 1. The van der Waals surface area contributed by atoms with E-state index in [1.807, 2.05) is 24.1 Å². The van der Waals surface area contributed by atoms with E-state index in [0.29, 0.717) is 31.9 Å². The monoisotopic (exact) mass is 281 g/mol. The topological polar surface area (TPSA) is 76.8 Å². The summed E-state index contributed by atoms with van der Waals surface area (Å²) >= 11 is 0. The zero-order valence-corrected chi connectivity index (χ0v) is 12.3. The molecule has 0 aliphatic heterocycles. The minimum Gasteiger partial charge on any atom is -0.496 e. The molecular formula is C14H23N3O3. The third-order valence-electron chi connectivity index (χ3n) is 2.79. The molecular weight excluding hydrogens is 258 g/mol. The van der Waals surface area contributed by atoms with Gasteiger partial charge in [0, 0.05) is 31.5 Å². The van der Waals surface area contributed by atoms with Gasteiger partial charge in [-0.3, -0.25) is 9.69 Å². The van der Waals surface area contributed by atoms with E-state index in [4.69, 9.17) is 15.2 Å². The highest BCUT2D eigenvalue weighted by atomic mass is 16.5. The van der Waals surface area contributed by atoms with Gasteiger partial charge >= 0.3 is 0 Å². The maximum absolute atomic E-state index is 11.7. The smallest absolute Gasteiger partial charge is 0.234 e. The molecule has 0 bridgehead atoms. The van der Waals surface area contributed by atoms with Crippen LogP contribution in [0.1, 0.15) is 5.56 Å². The standard InChI is InChI=1S/C14H23N3O3/c1-17(10-14(18)16-6-7-19-2)9-11-8-12(15)4-5-13(11)20-3/h4-5,8H,6-7,9-10,15H2,1-3H3,(H,16,18). The van der Waals surface area contributed by atoms with Crippen molar-refractivity contribution < 1.29 is 14.3 Å². The van der Waals surface area contributed by atoms with Crippen LogP contribution in [0.5, 0.6) is 5.75 Å². The van der Waals surface area contributed by atoms with Gasteiger partial charge in [0.25, 0.3) is 0 Å². The molecule has 0 aliphatic rings. The van der Waals surface area contributed by atoms with Crippen molar-refractivity contribution in [3.63, 3.8) is 0 Å². The zero-order chi connectivity index (χ0) is 15.0. The summed E-state index contributed by atoms with van der Waals surface area (Å²) < 4.78 is 10.2. The largest absolute Gasteiger partial charge is 0.496 e. The number of anilines is 1. The zero-order valence-electron chi connectivity index (χ0n) is 12.3. The van der Waals surface area contributed by atoms with Crippen LogP contribution < -0.4 is 15.8 Å². The second-order valence-electron chi connectivity index (χ2n) is 4.59. The third-order valence-corrected chi connectivity index (χ3v) is 2.79. The molecule has 0 spiro atoms. The maximum Gasteiger partial charge on any atom is 0.234 e. The normalized spacial score (nSPS) is 10.6. The van der Waals surface area contributed by atoms with E-state index >= 15 is 0 Å². The Labute approximate surface area is 119 Å². The molecule has 0 saturated heterocycles. The molecule has 112 valence electrons. The Bertz CT molecular complexity index is 438. The van der Waals surface area contributed by atoms with Gasteiger partial charge in [0.2, 0.25) is 5.91 Å². The summed E-state index contributed by atoms with van der Waals surface area (Å²) in [5, 5.41) is 2.78. The average Bonchev–Trinajstić information content (AvgIpc) is 2.39. The number of rotatable bonds is 8. The van der Waals surface area contributed by atoms with Crippen molar-refractivity contribution in [3.05, 3.63) is 23.8 Å². The first-order valence-corrected chi connectivity index (χ1v) is 6.43. The number of methoxy groups -OCH3 is 2. The van der Waals surface area contributed by atoms with Crippen molar-refractivity contribution in [2.45, 2.75) is 6.54 Å². The highest BCUT2D eigenvalue weighted by Gasteiger charge is 2.10. The summed E-state index contributed by atoms with van der Waals surface area (Å²) in [6, 6.07) is 5.48. The highest BCUT2D eigenvalue weighted by molar-refractivity contribution is 5.77. The molecule has 0 saturated carbocycles. The molecule has 1 aromatic rings. The highest BCUT2D eigenvalue weighted by Crippen LogP contribution is 2.22. The molecule has 6 nitrogen and oxygen atoms in total. The fourth-order valence-electron chi connectivity index (χ4n) is 1.86. The van der Waals surface area contributed by atoms with E-state index in [2.05, 4.69) is 5.32 Å². The summed E-state index contributed by atoms with van der Waals surface area (Å²) in [5.74, 6) is 0.735. The lowest BCUT2D eigenvalue weighted by Crippen LogP contribution is -2.36. The lowest BCUT2D eigenvalue weighted by atomic mass is 10.1. The van der Waals surface area contributed by atoms with Crippen LogP contribution in [0.4, 0.5) is 5.69 Å². The predicted octanol–water partition coefficient (Wildman–Crippen LogP) is 0.472. The van der Waals surface area contributed by atoms with E-state index < -0.39 is 0 Å². The molecule has 1 aromatic carbocycles. The first kappa shape index (κ1) is 16.3. The molecule has 6 heteroatoms. The first-order chi connectivity index (χ1) is 9.56. The van der Waals surface area contributed by atoms with Gasteiger partial charge in [-0.05, 0) is 25.2 Å². The van der Waals surface area contributed by atoms with E-state index in [1.165, 1.54) is 0 Å². The number of hydrogen-bond acceptors (Lipinski definition) is 5. The van der Waals surface area contributed by atoms with Crippen LogP contribution in [0.15, 0.2) is 18.2 Å². The molecule has 1 amide bonds. The van der Waals surface area contributed by atoms with Crippen LogP contribution in [0.3, 0.4) is 0 Å². The van der Waals surface area contributed by atoms with Crippen molar-refractivity contribution in [2.75, 3.05) is 46.7 Å². The van der Waals surface area contributed by atoms with E-state index in [1.54, 1.807) is 20.3 Å². The molecule has 0 radical (unpaired) electrons. The Kier molecular flexibility index (Phi) is 6.83. The number of nitrogens with one attached hydrogen (secondary N) is 1. The Balaban J connectivity index is 2.51. The Morgan fingerprint density at radius 2 is 2.15 bits per heavy atom. The fraction of sp³-hybridized carbons (Fsp3) is 0.500. The summed E-state index contributed by atoms with van der Waals surface area (Å²) in [4.78, 5) is 13.6. The number of nitrogens with two attached hydrogens (primary N) is 1. The predicted molar refractivity (Wildman–Crippen MR) is 78.6 cm³/mol. The molecule has 0 heterocycles. The van der Waals surface area contributed by atoms with Crippen molar-refractivity contribution in [3.8, 4) is 5.75 Å². The van der Waals surface area contributed by atoms with Crippen molar-refractivity contribution in [2.24, 2.45) is 0 Å². The SMILES string of the molecule is COCCNC(=O)CN(C)Cc1cc(N)ccc1OC. The van der Waals surface area contributed by atoms with Crippen LogP contribution in [0, 0.1) is 0 Å². The molecule has 20 heavy (non-hydrogen) atoms. The molecule has 3 N–H and O–H groups in total. The quantitative estimate of drug-likeness (QED) is 0.535. The van der Waals surface area contributed by atoms with Gasteiger partial charge in [-0.1, -0.05) is 0 Å². The maximum atomic E-state index is 11.7. The van der Waals surface area contributed by atoms with Crippen molar-refractivity contribution in [1.82, 2.24) is 10.2 Å². The summed E-state index contributed by atoms with van der Waals surface area (Å²) in [6.07, 6.45) is 0. The van der Waals surface area contributed by atoms with Gasteiger partial charge in [0.15, 0.2) is 0 Å². The lowest BCUT2D eigenvalue weighted by Gasteiger charge is -2.18. The molecule has 0 aromatic heterocycles. The minimum atomic E-state index is -0.0348. The number of benzene rings is 1. The number of carbonyl (C=O) groups is 1. The number of amides is 1.